The molecule has 1 heterocycles. The Kier molecular flexibility index (Phi) is 4.23. The third kappa shape index (κ3) is 2.43. The fourth-order valence-corrected chi connectivity index (χ4v) is 3.97. The Morgan fingerprint density at radius 3 is 2.68 bits per heavy atom. The van der Waals surface area contributed by atoms with E-state index in [4.69, 9.17) is 4.74 Å². The summed E-state index contributed by atoms with van der Waals surface area (Å²) in [6.07, 6.45) is 7.53. The fraction of sp³-hybridized carbons (Fsp3) is 0.526. The SMILES string of the molecule is CCCc1c(C2CCCC2)c2ccc(C(=O)OC)cc2n1C. The van der Waals surface area contributed by atoms with Gasteiger partial charge in [0.25, 0.3) is 0 Å². The maximum atomic E-state index is 11.8. The van der Waals surface area contributed by atoms with Gasteiger partial charge < -0.3 is 9.30 Å². The van der Waals surface area contributed by atoms with Crippen LogP contribution in [0.25, 0.3) is 10.9 Å². The van der Waals surface area contributed by atoms with Gasteiger partial charge in [0, 0.05) is 23.6 Å². The normalized spacial score (nSPS) is 15.6. The summed E-state index contributed by atoms with van der Waals surface area (Å²) in [7, 11) is 3.57. The molecule has 2 aromatic rings. The lowest BCUT2D eigenvalue weighted by atomic mass is 9.93. The van der Waals surface area contributed by atoms with Gasteiger partial charge in [-0.25, -0.2) is 4.79 Å². The number of hydrogen-bond acceptors (Lipinski definition) is 2. The van der Waals surface area contributed by atoms with E-state index >= 15 is 0 Å². The molecule has 118 valence electrons. The van der Waals surface area contributed by atoms with Crippen LogP contribution in [0.3, 0.4) is 0 Å². The van der Waals surface area contributed by atoms with Gasteiger partial charge in [0.05, 0.1) is 12.7 Å². The third-order valence-corrected chi connectivity index (χ3v) is 5.04. The summed E-state index contributed by atoms with van der Waals surface area (Å²) in [5.74, 6) is 0.428. The number of carbonyl (C=O) groups excluding carboxylic acids is 1. The molecule has 0 radical (unpaired) electrons. The van der Waals surface area contributed by atoms with Crippen LogP contribution in [0.5, 0.6) is 0 Å². The first-order valence-corrected chi connectivity index (χ1v) is 8.36. The lowest BCUT2D eigenvalue weighted by Crippen LogP contribution is -2.02. The zero-order valence-electron chi connectivity index (χ0n) is 13.8. The molecule has 1 aromatic heterocycles. The minimum atomic E-state index is -0.262. The summed E-state index contributed by atoms with van der Waals surface area (Å²) >= 11 is 0. The fourth-order valence-electron chi connectivity index (χ4n) is 3.97. The number of carbonyl (C=O) groups is 1. The van der Waals surface area contributed by atoms with E-state index in [1.807, 2.05) is 12.1 Å². The smallest absolute Gasteiger partial charge is 0.337 e. The molecule has 22 heavy (non-hydrogen) atoms. The second kappa shape index (κ2) is 6.15. The molecule has 0 amide bonds. The standard InChI is InChI=1S/C19H25NO2/c1-4-7-16-18(13-8-5-6-9-13)15-11-10-14(19(21)22-3)12-17(15)20(16)2/h10-13H,4-9H2,1-3H3. The zero-order chi connectivity index (χ0) is 15.7. The summed E-state index contributed by atoms with van der Waals surface area (Å²) < 4.78 is 7.15. The minimum absolute atomic E-state index is 0.262. The highest BCUT2D eigenvalue weighted by atomic mass is 16.5. The average molecular weight is 299 g/mol. The van der Waals surface area contributed by atoms with Crippen molar-refractivity contribution in [3.8, 4) is 0 Å². The molecule has 3 heteroatoms. The number of benzene rings is 1. The maximum Gasteiger partial charge on any atom is 0.337 e. The first-order valence-electron chi connectivity index (χ1n) is 8.36. The van der Waals surface area contributed by atoms with Gasteiger partial charge in [0.1, 0.15) is 0 Å². The maximum absolute atomic E-state index is 11.8. The average Bonchev–Trinajstić information content (AvgIpc) is 3.14. The predicted octanol–water partition coefficient (Wildman–Crippen LogP) is 4.58. The van der Waals surface area contributed by atoms with Crippen molar-refractivity contribution in [2.24, 2.45) is 7.05 Å². The Morgan fingerprint density at radius 1 is 1.32 bits per heavy atom. The van der Waals surface area contributed by atoms with Crippen molar-refractivity contribution in [2.45, 2.75) is 51.4 Å². The van der Waals surface area contributed by atoms with E-state index in [0.29, 0.717) is 11.5 Å². The van der Waals surface area contributed by atoms with Crippen LogP contribution in [0.2, 0.25) is 0 Å². The van der Waals surface area contributed by atoms with Crippen LogP contribution in [0.1, 0.15) is 66.6 Å². The second-order valence-electron chi connectivity index (χ2n) is 6.37. The van der Waals surface area contributed by atoms with Crippen LogP contribution in [-0.2, 0) is 18.2 Å². The van der Waals surface area contributed by atoms with Crippen molar-refractivity contribution in [1.29, 1.82) is 0 Å². The first-order chi connectivity index (χ1) is 10.7. The number of fused-ring (bicyclic) bond motifs is 1. The summed E-state index contributed by atoms with van der Waals surface area (Å²) in [6.45, 7) is 2.23. The lowest BCUT2D eigenvalue weighted by Gasteiger charge is -2.12. The summed E-state index contributed by atoms with van der Waals surface area (Å²) in [5.41, 5.74) is 4.78. The van der Waals surface area contributed by atoms with Gasteiger partial charge in [-0.2, -0.15) is 0 Å². The van der Waals surface area contributed by atoms with Crippen LogP contribution in [0, 0.1) is 0 Å². The number of rotatable bonds is 4. The minimum Gasteiger partial charge on any atom is -0.465 e. The Morgan fingerprint density at radius 2 is 2.05 bits per heavy atom. The molecule has 1 fully saturated rings. The molecule has 0 bridgehead atoms. The van der Waals surface area contributed by atoms with Gasteiger partial charge in [0.15, 0.2) is 0 Å². The Balaban J connectivity index is 2.18. The zero-order valence-corrected chi connectivity index (χ0v) is 13.8. The molecule has 0 atom stereocenters. The van der Waals surface area contributed by atoms with Crippen molar-refractivity contribution in [2.75, 3.05) is 7.11 Å². The van der Waals surface area contributed by atoms with E-state index in [1.54, 1.807) is 0 Å². The Hall–Kier alpha value is -1.77. The van der Waals surface area contributed by atoms with E-state index in [1.165, 1.54) is 49.4 Å². The Labute approximate surface area is 132 Å². The largest absolute Gasteiger partial charge is 0.465 e. The molecule has 3 rings (SSSR count). The molecule has 0 saturated heterocycles. The topological polar surface area (TPSA) is 31.2 Å². The summed E-state index contributed by atoms with van der Waals surface area (Å²) in [6, 6.07) is 6.01. The number of nitrogens with zero attached hydrogens (tertiary/aromatic N) is 1. The molecule has 0 spiro atoms. The van der Waals surface area contributed by atoms with E-state index in [9.17, 15) is 4.79 Å². The molecule has 1 aliphatic rings. The number of aromatic nitrogens is 1. The summed E-state index contributed by atoms with van der Waals surface area (Å²) in [4.78, 5) is 11.8. The van der Waals surface area contributed by atoms with Crippen LogP contribution >= 0.6 is 0 Å². The molecule has 3 nitrogen and oxygen atoms in total. The highest BCUT2D eigenvalue weighted by molar-refractivity contribution is 5.96. The molecular formula is C19H25NO2. The number of hydrogen-bond donors (Lipinski definition) is 0. The molecule has 1 aliphatic carbocycles. The van der Waals surface area contributed by atoms with Crippen molar-refractivity contribution >= 4 is 16.9 Å². The lowest BCUT2D eigenvalue weighted by molar-refractivity contribution is 0.0601. The molecular weight excluding hydrogens is 274 g/mol. The van der Waals surface area contributed by atoms with Crippen molar-refractivity contribution in [3.05, 3.63) is 35.0 Å². The number of methoxy groups -OCH3 is 1. The first kappa shape index (κ1) is 15.1. The van der Waals surface area contributed by atoms with E-state index in [-0.39, 0.29) is 5.97 Å². The van der Waals surface area contributed by atoms with Gasteiger partial charge in [-0.15, -0.1) is 0 Å². The van der Waals surface area contributed by atoms with Crippen molar-refractivity contribution < 1.29 is 9.53 Å². The quantitative estimate of drug-likeness (QED) is 0.774. The summed E-state index contributed by atoms with van der Waals surface area (Å²) in [5, 5.41) is 1.32. The van der Waals surface area contributed by atoms with Crippen LogP contribution in [-0.4, -0.2) is 17.6 Å². The van der Waals surface area contributed by atoms with Crippen LogP contribution in [0.15, 0.2) is 18.2 Å². The molecule has 1 aromatic carbocycles. The van der Waals surface area contributed by atoms with Crippen molar-refractivity contribution in [3.63, 3.8) is 0 Å². The van der Waals surface area contributed by atoms with E-state index in [0.717, 1.165) is 18.4 Å². The molecule has 0 aliphatic heterocycles. The highest BCUT2D eigenvalue weighted by Crippen LogP contribution is 2.41. The van der Waals surface area contributed by atoms with Gasteiger partial charge in [-0.3, -0.25) is 0 Å². The number of ether oxygens (including phenoxy) is 1. The van der Waals surface area contributed by atoms with E-state index < -0.39 is 0 Å². The van der Waals surface area contributed by atoms with Gasteiger partial charge in [0.2, 0.25) is 0 Å². The molecule has 0 N–H and O–H groups in total. The van der Waals surface area contributed by atoms with Crippen LogP contribution < -0.4 is 0 Å². The number of aryl methyl sites for hydroxylation is 1. The third-order valence-electron chi connectivity index (χ3n) is 5.04. The van der Waals surface area contributed by atoms with Gasteiger partial charge in [-0.05, 0) is 42.9 Å². The van der Waals surface area contributed by atoms with Gasteiger partial charge in [-0.1, -0.05) is 32.3 Å². The van der Waals surface area contributed by atoms with Gasteiger partial charge >= 0.3 is 5.97 Å². The van der Waals surface area contributed by atoms with Crippen LogP contribution in [0.4, 0.5) is 0 Å². The highest BCUT2D eigenvalue weighted by Gasteiger charge is 2.25. The second-order valence-corrected chi connectivity index (χ2v) is 6.37. The molecule has 1 saturated carbocycles. The monoisotopic (exact) mass is 299 g/mol. The van der Waals surface area contributed by atoms with Crippen molar-refractivity contribution in [1.82, 2.24) is 4.57 Å². The predicted molar refractivity (Wildman–Crippen MR) is 89.5 cm³/mol. The molecule has 0 unspecified atom stereocenters. The number of esters is 1. The van der Waals surface area contributed by atoms with E-state index in [2.05, 4.69) is 24.6 Å². The Bertz CT molecular complexity index is 693.